The number of aliphatic hydroxyl groups excluding tert-OH is 1. The zero-order valence-electron chi connectivity index (χ0n) is 11.6. The first-order valence-corrected chi connectivity index (χ1v) is 7.27. The molecule has 2 aliphatic rings. The third kappa shape index (κ3) is 2.49. The summed E-state index contributed by atoms with van der Waals surface area (Å²) < 4.78 is 5.89. The maximum atomic E-state index is 9.68. The largest absolute Gasteiger partial charge is 0.493 e. The van der Waals surface area contributed by atoms with Crippen molar-refractivity contribution in [3.63, 3.8) is 0 Å². The van der Waals surface area contributed by atoms with Gasteiger partial charge in [0.05, 0.1) is 13.2 Å². The van der Waals surface area contributed by atoms with E-state index in [4.69, 9.17) is 4.74 Å². The molecule has 0 saturated carbocycles. The van der Waals surface area contributed by atoms with Crippen LogP contribution in [0.2, 0.25) is 0 Å². The first kappa shape index (κ1) is 12.9. The Morgan fingerprint density at radius 2 is 2.16 bits per heavy atom. The Morgan fingerprint density at radius 1 is 1.37 bits per heavy atom. The van der Waals surface area contributed by atoms with Crippen molar-refractivity contribution < 1.29 is 9.84 Å². The van der Waals surface area contributed by atoms with Crippen molar-refractivity contribution >= 4 is 0 Å². The summed E-state index contributed by atoms with van der Waals surface area (Å²) in [4.78, 5) is 2.47. The van der Waals surface area contributed by atoms with E-state index >= 15 is 0 Å². The SMILES string of the molecule is Cc1ccc(OCC2CN3CCCC3(CO)C2)cc1. The Labute approximate surface area is 115 Å². The topological polar surface area (TPSA) is 32.7 Å². The first-order valence-electron chi connectivity index (χ1n) is 7.27. The highest BCUT2D eigenvalue weighted by Gasteiger charge is 2.47. The number of aliphatic hydroxyl groups is 1. The average molecular weight is 261 g/mol. The van der Waals surface area contributed by atoms with Gasteiger partial charge in [0.25, 0.3) is 0 Å². The minimum Gasteiger partial charge on any atom is -0.493 e. The minimum atomic E-state index is 0.0707. The molecule has 19 heavy (non-hydrogen) atoms. The van der Waals surface area contributed by atoms with Crippen LogP contribution in [0.15, 0.2) is 24.3 Å². The van der Waals surface area contributed by atoms with Gasteiger partial charge in [0.15, 0.2) is 0 Å². The van der Waals surface area contributed by atoms with Crippen LogP contribution in [0.4, 0.5) is 0 Å². The van der Waals surface area contributed by atoms with Crippen LogP contribution in [0.5, 0.6) is 5.75 Å². The molecule has 0 aromatic heterocycles. The molecule has 1 aromatic carbocycles. The van der Waals surface area contributed by atoms with Crippen molar-refractivity contribution in [2.45, 2.75) is 31.7 Å². The van der Waals surface area contributed by atoms with E-state index in [1.54, 1.807) is 0 Å². The summed E-state index contributed by atoms with van der Waals surface area (Å²) in [6, 6.07) is 8.23. The molecule has 0 bridgehead atoms. The maximum Gasteiger partial charge on any atom is 0.119 e. The standard InChI is InChI=1S/C16H23NO2/c1-13-3-5-15(6-4-13)19-11-14-9-16(12-18)7-2-8-17(16)10-14/h3-6,14,18H,2,7-12H2,1H3. The Bertz CT molecular complexity index is 431. The predicted octanol–water partition coefficient (Wildman–Crippen LogP) is 2.22. The van der Waals surface area contributed by atoms with Gasteiger partial charge < -0.3 is 9.84 Å². The first-order chi connectivity index (χ1) is 9.22. The molecule has 2 aliphatic heterocycles. The van der Waals surface area contributed by atoms with E-state index in [0.717, 1.165) is 38.3 Å². The molecule has 2 fully saturated rings. The smallest absolute Gasteiger partial charge is 0.119 e. The molecule has 3 nitrogen and oxygen atoms in total. The van der Waals surface area contributed by atoms with Crippen molar-refractivity contribution in [1.29, 1.82) is 0 Å². The number of hydrogen-bond donors (Lipinski definition) is 1. The van der Waals surface area contributed by atoms with Gasteiger partial charge in [0.1, 0.15) is 5.75 Å². The van der Waals surface area contributed by atoms with Crippen molar-refractivity contribution in [2.75, 3.05) is 26.3 Å². The fourth-order valence-corrected chi connectivity index (χ4v) is 3.63. The zero-order valence-corrected chi connectivity index (χ0v) is 11.6. The molecule has 0 aliphatic carbocycles. The summed E-state index contributed by atoms with van der Waals surface area (Å²) in [5, 5.41) is 9.68. The van der Waals surface area contributed by atoms with Gasteiger partial charge in [-0.15, -0.1) is 0 Å². The highest BCUT2D eigenvalue weighted by molar-refractivity contribution is 5.26. The highest BCUT2D eigenvalue weighted by Crippen LogP contribution is 2.41. The van der Waals surface area contributed by atoms with E-state index in [1.165, 1.54) is 12.0 Å². The van der Waals surface area contributed by atoms with Gasteiger partial charge in [-0.25, -0.2) is 0 Å². The fraction of sp³-hybridized carbons (Fsp3) is 0.625. The quantitative estimate of drug-likeness (QED) is 0.902. The van der Waals surface area contributed by atoms with E-state index in [0.29, 0.717) is 12.5 Å². The number of nitrogens with zero attached hydrogens (tertiary/aromatic N) is 1. The van der Waals surface area contributed by atoms with Crippen LogP contribution in [0.3, 0.4) is 0 Å². The van der Waals surface area contributed by atoms with Crippen molar-refractivity contribution in [2.24, 2.45) is 5.92 Å². The minimum absolute atomic E-state index is 0.0707. The third-order valence-corrected chi connectivity index (χ3v) is 4.69. The van der Waals surface area contributed by atoms with Crippen LogP contribution >= 0.6 is 0 Å². The number of ether oxygens (including phenoxy) is 1. The van der Waals surface area contributed by atoms with Gasteiger partial charge >= 0.3 is 0 Å². The summed E-state index contributed by atoms with van der Waals surface area (Å²) in [5.41, 5.74) is 1.33. The molecule has 2 unspecified atom stereocenters. The Kier molecular flexibility index (Phi) is 3.50. The van der Waals surface area contributed by atoms with Crippen LogP contribution in [0.1, 0.15) is 24.8 Å². The monoisotopic (exact) mass is 261 g/mol. The van der Waals surface area contributed by atoms with Crippen LogP contribution in [-0.2, 0) is 0 Å². The molecule has 0 spiro atoms. The number of aryl methyl sites for hydroxylation is 1. The molecule has 0 amide bonds. The Morgan fingerprint density at radius 3 is 2.84 bits per heavy atom. The van der Waals surface area contributed by atoms with E-state index < -0.39 is 0 Å². The summed E-state index contributed by atoms with van der Waals surface area (Å²) in [7, 11) is 0. The van der Waals surface area contributed by atoms with Gasteiger partial charge in [-0.05, 0) is 44.9 Å². The zero-order chi connectivity index (χ0) is 13.3. The van der Waals surface area contributed by atoms with Crippen molar-refractivity contribution in [3.05, 3.63) is 29.8 Å². The van der Waals surface area contributed by atoms with E-state index in [1.807, 2.05) is 12.1 Å². The highest BCUT2D eigenvalue weighted by atomic mass is 16.5. The van der Waals surface area contributed by atoms with Gasteiger partial charge in [-0.1, -0.05) is 17.7 Å². The van der Waals surface area contributed by atoms with Crippen molar-refractivity contribution in [3.8, 4) is 5.75 Å². The number of hydrogen-bond acceptors (Lipinski definition) is 3. The maximum absolute atomic E-state index is 9.68. The van der Waals surface area contributed by atoms with E-state index in [2.05, 4.69) is 24.0 Å². The molecule has 0 radical (unpaired) electrons. The van der Waals surface area contributed by atoms with Crippen LogP contribution in [0, 0.1) is 12.8 Å². The normalized spacial score (nSPS) is 30.5. The van der Waals surface area contributed by atoms with Gasteiger partial charge in [0, 0.05) is 18.0 Å². The molecule has 2 saturated heterocycles. The lowest BCUT2D eigenvalue weighted by molar-refractivity contribution is 0.0996. The summed E-state index contributed by atoms with van der Waals surface area (Å²) in [5.74, 6) is 1.50. The molecule has 2 atom stereocenters. The lowest BCUT2D eigenvalue weighted by Gasteiger charge is -2.29. The predicted molar refractivity (Wildman–Crippen MR) is 75.4 cm³/mol. The average Bonchev–Trinajstić information content (AvgIpc) is 2.95. The Balaban J connectivity index is 1.56. The number of fused-ring (bicyclic) bond motifs is 1. The van der Waals surface area contributed by atoms with E-state index in [9.17, 15) is 5.11 Å². The summed E-state index contributed by atoms with van der Waals surface area (Å²) in [6.45, 7) is 5.36. The lowest BCUT2D eigenvalue weighted by atomic mass is 9.91. The molecular formula is C16H23NO2. The van der Waals surface area contributed by atoms with Gasteiger partial charge in [0.2, 0.25) is 0 Å². The van der Waals surface area contributed by atoms with Gasteiger partial charge in [-0.2, -0.15) is 0 Å². The van der Waals surface area contributed by atoms with Crippen molar-refractivity contribution in [1.82, 2.24) is 4.90 Å². The molecule has 2 heterocycles. The van der Waals surface area contributed by atoms with E-state index in [-0.39, 0.29) is 5.54 Å². The number of rotatable bonds is 4. The second kappa shape index (κ2) is 5.14. The summed E-state index contributed by atoms with van der Waals surface area (Å²) >= 11 is 0. The molecular weight excluding hydrogens is 238 g/mol. The second-order valence-electron chi connectivity index (χ2n) is 6.13. The van der Waals surface area contributed by atoms with Crippen LogP contribution in [-0.4, -0.2) is 41.8 Å². The fourth-order valence-electron chi connectivity index (χ4n) is 3.63. The summed E-state index contributed by atoms with van der Waals surface area (Å²) in [6.07, 6.45) is 3.45. The molecule has 1 N–H and O–H groups in total. The second-order valence-corrected chi connectivity index (χ2v) is 6.13. The molecule has 3 heteroatoms. The number of benzene rings is 1. The molecule has 3 rings (SSSR count). The Hall–Kier alpha value is -1.06. The van der Waals surface area contributed by atoms with Crippen LogP contribution < -0.4 is 4.74 Å². The molecule has 104 valence electrons. The molecule has 1 aromatic rings. The third-order valence-electron chi connectivity index (χ3n) is 4.69. The van der Waals surface area contributed by atoms with Gasteiger partial charge in [-0.3, -0.25) is 4.90 Å². The van der Waals surface area contributed by atoms with Crippen LogP contribution in [0.25, 0.3) is 0 Å². The lowest BCUT2D eigenvalue weighted by Crippen LogP contribution is -2.41.